The van der Waals surface area contributed by atoms with E-state index in [4.69, 9.17) is 4.74 Å². The lowest BCUT2D eigenvalue weighted by atomic mass is 9.93. The van der Waals surface area contributed by atoms with Crippen molar-refractivity contribution in [2.45, 2.75) is 26.8 Å². The summed E-state index contributed by atoms with van der Waals surface area (Å²) in [7, 11) is 1.63. The molecule has 1 unspecified atom stereocenters. The highest BCUT2D eigenvalue weighted by molar-refractivity contribution is 5.95. The Kier molecular flexibility index (Phi) is 5.60. The number of carbonyl (C=O) groups is 1. The van der Waals surface area contributed by atoms with Crippen LogP contribution in [0.5, 0.6) is 5.75 Å². The minimum atomic E-state index is -0.207. The van der Waals surface area contributed by atoms with Gasteiger partial charge in [-0.05, 0) is 61.2 Å². The molecule has 3 nitrogen and oxygen atoms in total. The fourth-order valence-corrected chi connectivity index (χ4v) is 3.37. The van der Waals surface area contributed by atoms with E-state index in [-0.39, 0.29) is 11.9 Å². The molecule has 0 aliphatic heterocycles. The largest absolute Gasteiger partial charge is 0.496 e. The zero-order valence-corrected chi connectivity index (χ0v) is 16.2. The van der Waals surface area contributed by atoms with Crippen molar-refractivity contribution < 1.29 is 9.53 Å². The maximum absolute atomic E-state index is 13.0. The number of hydrogen-bond donors (Lipinski definition) is 1. The molecule has 0 fully saturated rings. The molecule has 0 radical (unpaired) electrons. The Hall–Kier alpha value is -3.07. The molecule has 1 atom stereocenters. The number of benzene rings is 3. The molecular formula is C24H25NO2. The van der Waals surface area contributed by atoms with Gasteiger partial charge in [-0.3, -0.25) is 4.79 Å². The molecule has 138 valence electrons. The van der Waals surface area contributed by atoms with E-state index in [2.05, 4.69) is 37.4 Å². The van der Waals surface area contributed by atoms with Crippen LogP contribution in [0, 0.1) is 20.8 Å². The fraction of sp³-hybridized carbons (Fsp3) is 0.208. The summed E-state index contributed by atoms with van der Waals surface area (Å²) in [5, 5.41) is 3.21. The van der Waals surface area contributed by atoms with Gasteiger partial charge in [0, 0.05) is 5.56 Å². The first-order valence-corrected chi connectivity index (χ1v) is 9.07. The second-order valence-electron chi connectivity index (χ2n) is 6.86. The van der Waals surface area contributed by atoms with Crippen molar-refractivity contribution in [2.75, 3.05) is 7.11 Å². The van der Waals surface area contributed by atoms with Gasteiger partial charge in [-0.25, -0.2) is 0 Å². The van der Waals surface area contributed by atoms with Gasteiger partial charge in [-0.15, -0.1) is 0 Å². The van der Waals surface area contributed by atoms with Crippen LogP contribution >= 0.6 is 0 Å². The van der Waals surface area contributed by atoms with Crippen LogP contribution in [0.3, 0.4) is 0 Å². The third-order valence-electron chi connectivity index (χ3n) is 4.80. The second kappa shape index (κ2) is 8.09. The molecule has 1 N–H and O–H groups in total. The Morgan fingerprint density at radius 2 is 1.63 bits per heavy atom. The summed E-state index contributed by atoms with van der Waals surface area (Å²) in [4.78, 5) is 13.0. The number of carbonyl (C=O) groups excluding carboxylic acids is 1. The zero-order valence-electron chi connectivity index (χ0n) is 16.2. The molecule has 0 bridgehead atoms. The molecule has 3 rings (SSSR count). The zero-order chi connectivity index (χ0) is 19.4. The van der Waals surface area contributed by atoms with Gasteiger partial charge in [0.05, 0.1) is 13.2 Å². The Morgan fingerprint density at radius 1 is 0.889 bits per heavy atom. The molecule has 0 aliphatic rings. The number of methoxy groups -OCH3 is 1. The lowest BCUT2D eigenvalue weighted by Gasteiger charge is -2.22. The van der Waals surface area contributed by atoms with E-state index in [0.717, 1.165) is 28.0 Å². The van der Waals surface area contributed by atoms with Gasteiger partial charge in [0.2, 0.25) is 0 Å². The number of amides is 1. The van der Waals surface area contributed by atoms with Crippen molar-refractivity contribution in [3.63, 3.8) is 0 Å². The Morgan fingerprint density at radius 3 is 2.26 bits per heavy atom. The van der Waals surface area contributed by atoms with E-state index in [9.17, 15) is 4.79 Å². The van der Waals surface area contributed by atoms with E-state index in [0.29, 0.717) is 5.56 Å². The fourth-order valence-electron chi connectivity index (χ4n) is 3.37. The van der Waals surface area contributed by atoms with Crippen LogP contribution in [0.4, 0.5) is 0 Å². The highest BCUT2D eigenvalue weighted by atomic mass is 16.5. The summed E-state index contributed by atoms with van der Waals surface area (Å²) >= 11 is 0. The third kappa shape index (κ3) is 4.20. The van der Waals surface area contributed by atoms with Crippen LogP contribution in [-0.4, -0.2) is 13.0 Å². The summed E-state index contributed by atoms with van der Waals surface area (Å²) in [5.74, 6) is 0.676. The summed E-state index contributed by atoms with van der Waals surface area (Å²) in [5.41, 5.74) is 6.09. The maximum Gasteiger partial charge on any atom is 0.252 e. The molecule has 0 saturated heterocycles. The van der Waals surface area contributed by atoms with Crippen molar-refractivity contribution in [3.05, 3.63) is 100 Å². The predicted octanol–water partition coefficient (Wildman–Crippen LogP) is 5.14. The van der Waals surface area contributed by atoms with Gasteiger partial charge in [-0.2, -0.15) is 0 Å². The second-order valence-corrected chi connectivity index (χ2v) is 6.86. The third-order valence-corrected chi connectivity index (χ3v) is 4.80. The van der Waals surface area contributed by atoms with Crippen molar-refractivity contribution in [1.82, 2.24) is 5.32 Å². The first-order valence-electron chi connectivity index (χ1n) is 9.07. The smallest absolute Gasteiger partial charge is 0.252 e. The topological polar surface area (TPSA) is 38.3 Å². The number of rotatable bonds is 5. The average molecular weight is 359 g/mol. The molecule has 0 saturated carbocycles. The van der Waals surface area contributed by atoms with Gasteiger partial charge < -0.3 is 10.1 Å². The molecular weight excluding hydrogens is 334 g/mol. The van der Waals surface area contributed by atoms with Gasteiger partial charge in [-0.1, -0.05) is 54.1 Å². The summed E-state index contributed by atoms with van der Waals surface area (Å²) in [6.07, 6.45) is 0. The van der Waals surface area contributed by atoms with Gasteiger partial charge >= 0.3 is 0 Å². The number of hydrogen-bond acceptors (Lipinski definition) is 2. The summed E-state index contributed by atoms with van der Waals surface area (Å²) < 4.78 is 5.29. The van der Waals surface area contributed by atoms with E-state index in [1.165, 1.54) is 5.56 Å². The van der Waals surface area contributed by atoms with Gasteiger partial charge in [0.25, 0.3) is 5.91 Å². The monoisotopic (exact) mass is 359 g/mol. The lowest BCUT2D eigenvalue weighted by molar-refractivity contribution is 0.0943. The number of aryl methyl sites for hydroxylation is 3. The van der Waals surface area contributed by atoms with E-state index >= 15 is 0 Å². The quantitative estimate of drug-likeness (QED) is 0.685. The molecule has 3 aromatic carbocycles. The maximum atomic E-state index is 13.0. The van der Waals surface area contributed by atoms with Crippen LogP contribution < -0.4 is 10.1 Å². The highest BCUT2D eigenvalue weighted by Gasteiger charge is 2.20. The molecule has 1 amide bonds. The van der Waals surface area contributed by atoms with Gasteiger partial charge in [0.1, 0.15) is 5.75 Å². The molecule has 3 aromatic rings. The van der Waals surface area contributed by atoms with Crippen LogP contribution in [0.1, 0.15) is 44.2 Å². The standard InChI is InChI=1S/C24H25NO2/c1-16-10-12-21(17(2)14-16)23(19-8-6-5-7-9-19)25-24(26)20-11-13-22(27-4)18(3)15-20/h5-15,23H,1-4H3,(H,25,26). The van der Waals surface area contributed by atoms with E-state index in [1.54, 1.807) is 13.2 Å². The molecule has 0 aliphatic carbocycles. The highest BCUT2D eigenvalue weighted by Crippen LogP contribution is 2.27. The molecule has 27 heavy (non-hydrogen) atoms. The Balaban J connectivity index is 1.96. The van der Waals surface area contributed by atoms with E-state index < -0.39 is 0 Å². The SMILES string of the molecule is COc1ccc(C(=O)NC(c2ccccc2)c2ccc(C)cc2C)cc1C. The first-order chi connectivity index (χ1) is 13.0. The van der Waals surface area contributed by atoms with Crippen LogP contribution in [0.25, 0.3) is 0 Å². The van der Waals surface area contributed by atoms with Crippen molar-refractivity contribution in [2.24, 2.45) is 0 Å². The normalized spacial score (nSPS) is 11.7. The van der Waals surface area contributed by atoms with Crippen LogP contribution in [-0.2, 0) is 0 Å². The van der Waals surface area contributed by atoms with Crippen molar-refractivity contribution >= 4 is 5.91 Å². The van der Waals surface area contributed by atoms with Gasteiger partial charge in [0.15, 0.2) is 0 Å². The minimum Gasteiger partial charge on any atom is -0.496 e. The van der Waals surface area contributed by atoms with Crippen molar-refractivity contribution in [1.29, 1.82) is 0 Å². The van der Waals surface area contributed by atoms with Crippen molar-refractivity contribution in [3.8, 4) is 5.75 Å². The molecule has 0 spiro atoms. The minimum absolute atomic E-state index is 0.102. The number of nitrogens with one attached hydrogen (secondary N) is 1. The first kappa shape index (κ1) is 18.7. The number of ether oxygens (including phenoxy) is 1. The van der Waals surface area contributed by atoms with Crippen LogP contribution in [0.2, 0.25) is 0 Å². The Bertz CT molecular complexity index is 948. The average Bonchev–Trinajstić information content (AvgIpc) is 2.67. The predicted molar refractivity (Wildman–Crippen MR) is 109 cm³/mol. The molecule has 0 aromatic heterocycles. The Labute approximate surface area is 161 Å². The summed E-state index contributed by atoms with van der Waals surface area (Å²) in [6, 6.07) is 21.7. The summed E-state index contributed by atoms with van der Waals surface area (Å²) in [6.45, 7) is 6.10. The lowest BCUT2D eigenvalue weighted by Crippen LogP contribution is -2.30. The molecule has 3 heteroatoms. The van der Waals surface area contributed by atoms with Crippen LogP contribution in [0.15, 0.2) is 66.7 Å². The van der Waals surface area contributed by atoms with E-state index in [1.807, 2.05) is 49.4 Å². The molecule has 0 heterocycles.